The fourth-order valence-corrected chi connectivity index (χ4v) is 2.81. The largest absolute Gasteiger partial charge is 0.240 e. The van der Waals surface area contributed by atoms with Gasteiger partial charge in [0.15, 0.2) is 0 Å². The summed E-state index contributed by atoms with van der Waals surface area (Å²) in [6, 6.07) is 15.9. The van der Waals surface area contributed by atoms with Gasteiger partial charge in [-0.05, 0) is 23.3 Å². The highest BCUT2D eigenvalue weighted by atomic mass is 35.5. The van der Waals surface area contributed by atoms with Crippen LogP contribution < -0.4 is 4.72 Å². The zero-order valence-electron chi connectivity index (χ0n) is 10.2. The molecule has 0 amide bonds. The summed E-state index contributed by atoms with van der Waals surface area (Å²) in [7, 11) is -3.48. The van der Waals surface area contributed by atoms with Crippen molar-refractivity contribution in [3.63, 3.8) is 0 Å². The van der Waals surface area contributed by atoms with Crippen molar-refractivity contribution in [2.75, 3.05) is 0 Å². The van der Waals surface area contributed by atoms with E-state index in [9.17, 15) is 8.42 Å². The van der Waals surface area contributed by atoms with Crippen molar-refractivity contribution in [3.8, 4) is 0 Å². The molecular formula is C14H14ClNO2S. The summed E-state index contributed by atoms with van der Waals surface area (Å²) in [5.74, 6) is 0.373. The maximum Gasteiger partial charge on any atom is 0.240 e. The van der Waals surface area contributed by atoms with Crippen LogP contribution >= 0.6 is 11.6 Å². The van der Waals surface area contributed by atoms with Crippen LogP contribution in [0.1, 0.15) is 11.1 Å². The minimum Gasteiger partial charge on any atom is -0.207 e. The molecule has 5 heteroatoms. The molecule has 1 N–H and O–H groups in total. The SMILES string of the molecule is O=S(=O)(NCc1ccccc1)c1ccc(CCl)cc1. The highest BCUT2D eigenvalue weighted by Crippen LogP contribution is 2.12. The fourth-order valence-electron chi connectivity index (χ4n) is 1.62. The van der Waals surface area contributed by atoms with E-state index < -0.39 is 10.0 Å². The Kier molecular flexibility index (Phi) is 4.58. The quantitative estimate of drug-likeness (QED) is 0.862. The normalized spacial score (nSPS) is 11.4. The average molecular weight is 296 g/mol. The Hall–Kier alpha value is -1.36. The molecule has 3 nitrogen and oxygen atoms in total. The van der Waals surface area contributed by atoms with Gasteiger partial charge in [-0.3, -0.25) is 0 Å². The summed E-state index contributed by atoms with van der Waals surface area (Å²) in [5, 5.41) is 0. The van der Waals surface area contributed by atoms with Crippen molar-refractivity contribution < 1.29 is 8.42 Å². The summed E-state index contributed by atoms with van der Waals surface area (Å²) in [6.07, 6.45) is 0. The molecule has 0 aliphatic heterocycles. The lowest BCUT2D eigenvalue weighted by molar-refractivity contribution is 0.581. The Bertz CT molecular complexity index is 624. The van der Waals surface area contributed by atoms with Gasteiger partial charge in [0.25, 0.3) is 0 Å². The first-order valence-electron chi connectivity index (χ1n) is 5.80. The lowest BCUT2D eigenvalue weighted by atomic mass is 10.2. The molecule has 0 fully saturated rings. The van der Waals surface area contributed by atoms with E-state index in [0.29, 0.717) is 5.88 Å². The van der Waals surface area contributed by atoms with E-state index >= 15 is 0 Å². The number of hydrogen-bond acceptors (Lipinski definition) is 2. The lowest BCUT2D eigenvalue weighted by Crippen LogP contribution is -2.23. The fraction of sp³-hybridized carbons (Fsp3) is 0.143. The average Bonchev–Trinajstić information content (AvgIpc) is 2.46. The number of sulfonamides is 1. The summed E-state index contributed by atoms with van der Waals surface area (Å²) in [6.45, 7) is 0.278. The van der Waals surface area contributed by atoms with Crippen LogP contribution in [0.3, 0.4) is 0 Å². The molecule has 0 radical (unpaired) electrons. The molecule has 0 aliphatic carbocycles. The van der Waals surface area contributed by atoms with Crippen molar-refractivity contribution in [3.05, 3.63) is 65.7 Å². The van der Waals surface area contributed by atoms with Crippen LogP contribution in [0.5, 0.6) is 0 Å². The van der Waals surface area contributed by atoms with Crippen molar-refractivity contribution in [2.45, 2.75) is 17.3 Å². The molecule has 0 heterocycles. The van der Waals surface area contributed by atoms with Gasteiger partial charge in [-0.25, -0.2) is 13.1 Å². The van der Waals surface area contributed by atoms with E-state index in [1.165, 1.54) is 0 Å². The molecule has 2 aromatic carbocycles. The van der Waals surface area contributed by atoms with Crippen molar-refractivity contribution in [2.24, 2.45) is 0 Å². The monoisotopic (exact) mass is 295 g/mol. The van der Waals surface area contributed by atoms with Crippen LogP contribution in [-0.4, -0.2) is 8.42 Å². The van der Waals surface area contributed by atoms with Crippen molar-refractivity contribution in [1.82, 2.24) is 4.72 Å². The van der Waals surface area contributed by atoms with Crippen molar-refractivity contribution in [1.29, 1.82) is 0 Å². The standard InChI is InChI=1S/C14H14ClNO2S/c15-10-12-6-8-14(9-7-12)19(17,18)16-11-13-4-2-1-3-5-13/h1-9,16H,10-11H2. The van der Waals surface area contributed by atoms with Crippen LogP contribution in [0.25, 0.3) is 0 Å². The zero-order chi connectivity index (χ0) is 13.7. The summed E-state index contributed by atoms with van der Waals surface area (Å²) < 4.78 is 26.7. The van der Waals surface area contributed by atoms with Crippen LogP contribution in [0.15, 0.2) is 59.5 Å². The van der Waals surface area contributed by atoms with Crippen LogP contribution in [0, 0.1) is 0 Å². The number of rotatable bonds is 5. The predicted molar refractivity (Wildman–Crippen MR) is 76.5 cm³/mol. The van der Waals surface area contributed by atoms with Gasteiger partial charge >= 0.3 is 0 Å². The van der Waals surface area contributed by atoms with Gasteiger partial charge in [0.1, 0.15) is 0 Å². The Morgan fingerprint density at radius 1 is 0.895 bits per heavy atom. The number of halogens is 1. The molecule has 0 spiro atoms. The number of alkyl halides is 1. The Labute approximate surface area is 118 Å². The van der Waals surface area contributed by atoms with E-state index in [-0.39, 0.29) is 11.4 Å². The maximum atomic E-state index is 12.1. The van der Waals surface area contributed by atoms with Gasteiger partial charge in [-0.2, -0.15) is 0 Å². The lowest BCUT2D eigenvalue weighted by Gasteiger charge is -2.07. The third-order valence-electron chi connectivity index (χ3n) is 2.70. The van der Waals surface area contributed by atoms with Crippen LogP contribution in [0.4, 0.5) is 0 Å². The molecule has 0 aromatic heterocycles. The van der Waals surface area contributed by atoms with Crippen LogP contribution in [0.2, 0.25) is 0 Å². The predicted octanol–water partition coefficient (Wildman–Crippen LogP) is 2.90. The molecule has 0 unspecified atom stereocenters. The molecule has 100 valence electrons. The van der Waals surface area contributed by atoms with E-state index in [1.807, 2.05) is 30.3 Å². The van der Waals surface area contributed by atoms with Crippen LogP contribution in [-0.2, 0) is 22.4 Å². The van der Waals surface area contributed by atoms with Gasteiger partial charge in [0.05, 0.1) is 4.90 Å². The molecule has 2 rings (SSSR count). The topological polar surface area (TPSA) is 46.2 Å². The number of benzene rings is 2. The van der Waals surface area contributed by atoms with Gasteiger partial charge in [0.2, 0.25) is 10.0 Å². The second-order valence-electron chi connectivity index (χ2n) is 4.09. The van der Waals surface area contributed by atoms with E-state index in [2.05, 4.69) is 4.72 Å². The highest BCUT2D eigenvalue weighted by Gasteiger charge is 2.13. The Balaban J connectivity index is 2.09. The van der Waals surface area contributed by atoms with E-state index in [4.69, 9.17) is 11.6 Å². The molecule has 0 bridgehead atoms. The minimum atomic E-state index is -3.48. The molecule has 0 saturated heterocycles. The summed E-state index contributed by atoms with van der Waals surface area (Å²) >= 11 is 5.67. The highest BCUT2D eigenvalue weighted by molar-refractivity contribution is 7.89. The maximum absolute atomic E-state index is 12.1. The molecule has 2 aromatic rings. The third-order valence-corrected chi connectivity index (χ3v) is 4.42. The molecule has 0 saturated carbocycles. The van der Waals surface area contributed by atoms with Gasteiger partial charge in [0, 0.05) is 12.4 Å². The van der Waals surface area contributed by atoms with E-state index in [1.54, 1.807) is 24.3 Å². The third kappa shape index (κ3) is 3.80. The van der Waals surface area contributed by atoms with Crippen molar-refractivity contribution >= 4 is 21.6 Å². The first-order chi connectivity index (χ1) is 9.12. The van der Waals surface area contributed by atoms with E-state index in [0.717, 1.165) is 11.1 Å². The number of hydrogen-bond donors (Lipinski definition) is 1. The molecule has 0 atom stereocenters. The molecular weight excluding hydrogens is 282 g/mol. The summed E-state index contributed by atoms with van der Waals surface area (Å²) in [5.41, 5.74) is 1.81. The van der Waals surface area contributed by atoms with Gasteiger partial charge < -0.3 is 0 Å². The Morgan fingerprint density at radius 3 is 2.11 bits per heavy atom. The minimum absolute atomic E-state index is 0.247. The second kappa shape index (κ2) is 6.19. The smallest absolute Gasteiger partial charge is 0.207 e. The Morgan fingerprint density at radius 2 is 1.53 bits per heavy atom. The first kappa shape index (κ1) is 14.1. The molecule has 19 heavy (non-hydrogen) atoms. The summed E-state index contributed by atoms with van der Waals surface area (Å²) in [4.78, 5) is 0.247. The second-order valence-corrected chi connectivity index (χ2v) is 6.12. The first-order valence-corrected chi connectivity index (χ1v) is 7.82. The zero-order valence-corrected chi connectivity index (χ0v) is 11.8. The molecule has 0 aliphatic rings. The van der Waals surface area contributed by atoms with Gasteiger partial charge in [-0.15, -0.1) is 11.6 Å². The number of nitrogens with one attached hydrogen (secondary N) is 1. The van der Waals surface area contributed by atoms with Gasteiger partial charge in [-0.1, -0.05) is 42.5 Å².